The van der Waals surface area contributed by atoms with Crippen molar-refractivity contribution < 1.29 is 18.4 Å². The van der Waals surface area contributed by atoms with Gasteiger partial charge in [-0.2, -0.15) is 0 Å². The fourth-order valence-electron chi connectivity index (χ4n) is 1.98. The van der Waals surface area contributed by atoms with E-state index in [1.165, 1.54) is 6.20 Å². The number of rotatable bonds is 3. The van der Waals surface area contributed by atoms with Gasteiger partial charge in [0.25, 0.3) is 0 Å². The van der Waals surface area contributed by atoms with Crippen LogP contribution in [0.1, 0.15) is 11.3 Å². The van der Waals surface area contributed by atoms with E-state index in [1.54, 1.807) is 18.2 Å². The monoisotopic (exact) mass is 321 g/mol. The van der Waals surface area contributed by atoms with Crippen LogP contribution in [0.5, 0.6) is 0 Å². The third-order valence-electron chi connectivity index (χ3n) is 3.04. The summed E-state index contributed by atoms with van der Waals surface area (Å²) in [4.78, 5) is 4.17. The number of para-hydroxylation sites is 1. The topological polar surface area (TPSA) is 71.1 Å². The second kappa shape index (κ2) is 5.09. The van der Waals surface area contributed by atoms with Gasteiger partial charge >= 0.3 is 0 Å². The molecule has 0 aliphatic heterocycles. The number of hydrogen-bond donors (Lipinski definition) is 1. The number of pyridine rings is 1. The molecule has 0 aliphatic rings. The first-order valence-electron chi connectivity index (χ1n) is 6.24. The molecule has 2 heterocycles. The van der Waals surface area contributed by atoms with E-state index < -0.39 is 9.84 Å². The van der Waals surface area contributed by atoms with E-state index in [-0.39, 0.29) is 10.1 Å². The Morgan fingerprint density at radius 3 is 2.71 bits per heavy atom. The van der Waals surface area contributed by atoms with Gasteiger partial charge in [-0.15, -0.1) is 11.3 Å². The van der Waals surface area contributed by atoms with Crippen LogP contribution >= 0.6 is 11.3 Å². The van der Waals surface area contributed by atoms with Crippen molar-refractivity contribution in [3.63, 3.8) is 0 Å². The number of nitrogens with zero attached hydrogens (tertiary/aromatic N) is 2. The van der Waals surface area contributed by atoms with Gasteiger partial charge in [0.15, 0.2) is 0 Å². The van der Waals surface area contributed by atoms with Gasteiger partial charge in [-0.3, -0.25) is 5.21 Å². The molecule has 0 amide bonds. The highest BCUT2D eigenvalue weighted by atomic mass is 32.2. The molecule has 1 aromatic carbocycles. The molecule has 21 heavy (non-hydrogen) atoms. The maximum atomic E-state index is 12.4. The normalized spacial score (nSPS) is 11.9. The minimum Gasteiger partial charge on any atom is -0.285 e. The van der Waals surface area contributed by atoms with E-state index >= 15 is 0 Å². The van der Waals surface area contributed by atoms with E-state index in [0.29, 0.717) is 11.2 Å². The number of hydrogen-bond acceptors (Lipinski definition) is 5. The molecule has 2 aromatic heterocycles. The Bertz CT molecular complexity index is 884. The predicted molar refractivity (Wildman–Crippen MR) is 79.1 cm³/mol. The minimum atomic E-state index is -3.58. The van der Waals surface area contributed by atoms with E-state index in [0.717, 1.165) is 26.3 Å². The lowest BCUT2D eigenvalue weighted by Gasteiger charge is -1.98. The molecule has 3 aromatic rings. The van der Waals surface area contributed by atoms with Crippen LogP contribution in [-0.4, -0.2) is 18.6 Å². The molecule has 0 aliphatic carbocycles. The van der Waals surface area contributed by atoms with Crippen LogP contribution in [0.2, 0.25) is 0 Å². The van der Waals surface area contributed by atoms with Crippen LogP contribution in [0.3, 0.4) is 0 Å². The minimum absolute atomic E-state index is 0.0734. The third kappa shape index (κ3) is 2.74. The van der Waals surface area contributed by atoms with Crippen molar-refractivity contribution in [2.24, 2.45) is 0 Å². The summed E-state index contributed by atoms with van der Waals surface area (Å²) < 4.78 is 26.6. The molecule has 5 nitrogen and oxygen atoms in total. The molecule has 3 rings (SSSR count). The number of aromatic nitrogens is 2. The first-order valence-corrected chi connectivity index (χ1v) is 8.71. The number of sulfone groups is 1. The molecule has 7 heteroatoms. The molecule has 0 atom stereocenters. The summed E-state index contributed by atoms with van der Waals surface area (Å²) in [5.41, 5.74) is 1.82. The molecule has 0 unspecified atom stereocenters. The Hall–Kier alpha value is -1.99. The lowest BCUT2D eigenvalue weighted by atomic mass is 10.3. The molecule has 1 N–H and O–H groups in total. The average molecular weight is 321 g/mol. The van der Waals surface area contributed by atoms with Crippen molar-refractivity contribution in [3.05, 3.63) is 53.9 Å². The van der Waals surface area contributed by atoms with E-state index in [9.17, 15) is 13.6 Å². The fourth-order valence-corrected chi connectivity index (χ4v) is 4.61. The van der Waals surface area contributed by atoms with Gasteiger partial charge in [-0.25, -0.2) is 13.4 Å². The summed E-state index contributed by atoms with van der Waals surface area (Å²) in [6, 6.07) is 10.6. The zero-order chi connectivity index (χ0) is 15.0. The Morgan fingerprint density at radius 1 is 1.24 bits per heavy atom. The Kier molecular flexibility index (Phi) is 3.38. The second-order valence-corrected chi connectivity index (χ2v) is 7.94. The van der Waals surface area contributed by atoms with Gasteiger partial charge in [0.05, 0.1) is 10.2 Å². The number of aryl methyl sites for hydroxylation is 1. The number of benzene rings is 1. The van der Waals surface area contributed by atoms with Crippen molar-refractivity contribution in [2.45, 2.75) is 17.0 Å². The van der Waals surface area contributed by atoms with Crippen molar-refractivity contribution in [3.8, 4) is 0 Å². The highest BCUT2D eigenvalue weighted by Crippen LogP contribution is 2.26. The molecular weight excluding hydrogens is 308 g/mol. The highest BCUT2D eigenvalue weighted by molar-refractivity contribution is 7.92. The summed E-state index contributed by atoms with van der Waals surface area (Å²) in [7, 11) is -3.58. The highest BCUT2D eigenvalue weighted by Gasteiger charge is 2.25. The third-order valence-corrected chi connectivity index (χ3v) is 6.18. The fraction of sp³-hybridized carbons (Fsp3) is 0.143. The van der Waals surface area contributed by atoms with Crippen molar-refractivity contribution >= 4 is 31.4 Å². The van der Waals surface area contributed by atoms with E-state index in [2.05, 4.69) is 4.98 Å². The second-order valence-electron chi connectivity index (χ2n) is 4.75. The summed E-state index contributed by atoms with van der Waals surface area (Å²) in [6.07, 6.45) is 1.48. The molecular formula is C14H13N2O3S2+. The maximum Gasteiger partial charge on any atom is 0.249 e. The van der Waals surface area contributed by atoms with Gasteiger partial charge in [-0.1, -0.05) is 12.1 Å². The summed E-state index contributed by atoms with van der Waals surface area (Å²) in [5.74, 6) is -0.288. The van der Waals surface area contributed by atoms with Gasteiger partial charge < -0.3 is 0 Å². The molecule has 0 fully saturated rings. The summed E-state index contributed by atoms with van der Waals surface area (Å²) in [5, 5.41) is 9.78. The van der Waals surface area contributed by atoms with Gasteiger partial charge in [0, 0.05) is 16.4 Å². The zero-order valence-electron chi connectivity index (χ0n) is 11.2. The van der Waals surface area contributed by atoms with Crippen LogP contribution < -0.4 is 4.73 Å². The predicted octanol–water partition coefficient (Wildman–Crippen LogP) is 2.10. The maximum absolute atomic E-state index is 12.4. The molecule has 108 valence electrons. The van der Waals surface area contributed by atoms with Gasteiger partial charge in [-0.05, 0) is 25.1 Å². The van der Waals surface area contributed by atoms with Crippen LogP contribution in [0, 0.1) is 6.92 Å². The number of thiazole rings is 1. The van der Waals surface area contributed by atoms with Crippen LogP contribution in [0.25, 0.3) is 10.2 Å². The van der Waals surface area contributed by atoms with Crippen LogP contribution in [-0.2, 0) is 15.6 Å². The van der Waals surface area contributed by atoms with Crippen LogP contribution in [0.15, 0.2) is 46.9 Å². The first kappa shape index (κ1) is 14.0. The molecule has 0 radical (unpaired) electrons. The lowest BCUT2D eigenvalue weighted by Crippen LogP contribution is -2.36. The van der Waals surface area contributed by atoms with E-state index in [1.807, 2.05) is 25.1 Å². The molecule has 0 saturated carbocycles. The van der Waals surface area contributed by atoms with E-state index in [4.69, 9.17) is 0 Å². The van der Waals surface area contributed by atoms with Gasteiger partial charge in [0.1, 0.15) is 5.75 Å². The number of fused-ring (bicyclic) bond motifs is 1. The summed E-state index contributed by atoms with van der Waals surface area (Å²) in [6.45, 7) is 1.82. The Morgan fingerprint density at radius 2 is 2.00 bits per heavy atom. The lowest BCUT2D eigenvalue weighted by molar-refractivity contribution is -0.909. The average Bonchev–Trinajstić information content (AvgIpc) is 2.87. The standard InChI is InChI=1S/C14H13N2O3S2/c1-10-6-7-11(16(17)8-10)9-21(18,19)14-15-12-4-2-3-5-13(12)20-14/h2-8,17H,9H2,1H3/q+1. The Balaban J connectivity index is 2.00. The van der Waals surface area contributed by atoms with Crippen molar-refractivity contribution in [2.75, 3.05) is 0 Å². The molecule has 0 saturated heterocycles. The molecule has 0 spiro atoms. The SMILES string of the molecule is Cc1ccc(CS(=O)(=O)c2nc3ccccc3s2)[n+](O)c1. The first-order chi connectivity index (χ1) is 9.95. The smallest absolute Gasteiger partial charge is 0.249 e. The Labute approximate surface area is 126 Å². The molecule has 0 bridgehead atoms. The quantitative estimate of drug-likeness (QED) is 0.592. The van der Waals surface area contributed by atoms with Crippen LogP contribution in [0.4, 0.5) is 0 Å². The largest absolute Gasteiger partial charge is 0.285 e. The van der Waals surface area contributed by atoms with Crippen molar-refractivity contribution in [1.82, 2.24) is 4.98 Å². The zero-order valence-corrected chi connectivity index (χ0v) is 12.9. The van der Waals surface area contributed by atoms with Crippen molar-refractivity contribution in [1.29, 1.82) is 0 Å². The van der Waals surface area contributed by atoms with Gasteiger partial charge in [0.2, 0.25) is 26.1 Å². The summed E-state index contributed by atoms with van der Waals surface area (Å²) >= 11 is 1.14.